The number of carbonyl (C=O) groups excluding carboxylic acids is 1. The molecule has 0 aliphatic carbocycles. The Morgan fingerprint density at radius 1 is 1.19 bits per heavy atom. The zero-order valence-corrected chi connectivity index (χ0v) is 12.3. The second-order valence-corrected chi connectivity index (χ2v) is 5.16. The quantitative estimate of drug-likeness (QED) is 0.365. The number of nitrogens with zero attached hydrogens (tertiary/aromatic N) is 1. The average molecular weight is 323 g/mol. The first-order valence-electron chi connectivity index (χ1n) is 5.67. The zero-order chi connectivity index (χ0) is 16.2. The lowest BCUT2D eigenvalue weighted by Crippen LogP contribution is -2.22. The van der Waals surface area contributed by atoms with Gasteiger partial charge in [-0.1, -0.05) is 11.8 Å². The average Bonchev–Trinajstić information content (AvgIpc) is 2.37. The number of halogens is 4. The maximum absolute atomic E-state index is 13.8. The summed E-state index contributed by atoms with van der Waals surface area (Å²) in [7, 11) is 4.35. The van der Waals surface area contributed by atoms with E-state index in [1.165, 1.54) is 12.1 Å². The third-order valence-corrected chi connectivity index (χ3v) is 3.32. The van der Waals surface area contributed by atoms with Gasteiger partial charge >= 0.3 is 12.1 Å². The van der Waals surface area contributed by atoms with Crippen molar-refractivity contribution in [3.8, 4) is 0 Å². The number of benzene rings is 1. The van der Waals surface area contributed by atoms with Gasteiger partial charge in [-0.3, -0.25) is 0 Å². The maximum atomic E-state index is 13.8. The highest BCUT2D eigenvalue weighted by molar-refractivity contribution is 8.03. The van der Waals surface area contributed by atoms with Crippen LogP contribution in [0.15, 0.2) is 39.9 Å². The number of anilines is 1. The lowest BCUT2D eigenvalue weighted by molar-refractivity contribution is -0.148. The van der Waals surface area contributed by atoms with Gasteiger partial charge in [0.05, 0.1) is 7.11 Å². The summed E-state index contributed by atoms with van der Waals surface area (Å²) in [5.74, 6) is -1.75. The molecule has 0 aliphatic rings. The molecular weight excluding hydrogens is 310 g/mol. The van der Waals surface area contributed by atoms with E-state index in [1.54, 1.807) is 31.1 Å². The van der Waals surface area contributed by atoms with E-state index in [2.05, 4.69) is 4.74 Å². The number of esters is 1. The fourth-order valence-electron chi connectivity index (χ4n) is 1.38. The van der Waals surface area contributed by atoms with Crippen LogP contribution in [-0.2, 0) is 9.53 Å². The predicted molar refractivity (Wildman–Crippen MR) is 72.8 cm³/mol. The normalized spacial score (nSPS) is 12.7. The van der Waals surface area contributed by atoms with Gasteiger partial charge in [0.1, 0.15) is 0 Å². The summed E-state index contributed by atoms with van der Waals surface area (Å²) in [4.78, 5) is 13.1. The highest BCUT2D eigenvalue weighted by Gasteiger charge is 2.43. The first kappa shape index (κ1) is 17.4. The van der Waals surface area contributed by atoms with Gasteiger partial charge in [0.25, 0.3) is 0 Å². The van der Waals surface area contributed by atoms with Gasteiger partial charge < -0.3 is 9.64 Å². The van der Waals surface area contributed by atoms with Gasteiger partial charge in [0.15, 0.2) is 10.7 Å². The number of ether oxygens (including phenoxy) is 1. The summed E-state index contributed by atoms with van der Waals surface area (Å²) in [6.45, 7) is 0. The molecule has 3 nitrogen and oxygen atoms in total. The first-order valence-corrected chi connectivity index (χ1v) is 6.49. The van der Waals surface area contributed by atoms with Crippen molar-refractivity contribution in [1.82, 2.24) is 0 Å². The third-order valence-electron chi connectivity index (χ3n) is 2.43. The van der Waals surface area contributed by atoms with E-state index in [1.807, 2.05) is 0 Å². The van der Waals surface area contributed by atoms with E-state index in [0.717, 1.165) is 12.8 Å². The summed E-state index contributed by atoms with van der Waals surface area (Å²) < 4.78 is 55.7. The Balaban J connectivity index is 3.07. The highest BCUT2D eigenvalue weighted by Crippen LogP contribution is 2.38. The zero-order valence-electron chi connectivity index (χ0n) is 11.5. The smallest absolute Gasteiger partial charge is 0.426 e. The van der Waals surface area contributed by atoms with E-state index in [0.29, 0.717) is 0 Å². The molecule has 0 saturated carbocycles. The maximum Gasteiger partial charge on any atom is 0.426 e. The van der Waals surface area contributed by atoms with Crippen LogP contribution in [-0.4, -0.2) is 33.4 Å². The van der Waals surface area contributed by atoms with Crippen molar-refractivity contribution in [1.29, 1.82) is 0 Å². The topological polar surface area (TPSA) is 29.5 Å². The molecule has 0 atom stereocenters. The van der Waals surface area contributed by atoms with E-state index >= 15 is 0 Å². The lowest BCUT2D eigenvalue weighted by atomic mass is 10.3. The SMILES string of the molecule is COC(=O)C(=C(F)Sc1ccc(N(C)C)cc1)C(F)(F)F. The van der Waals surface area contributed by atoms with Crippen molar-refractivity contribution in [3.63, 3.8) is 0 Å². The number of hydrogen-bond donors (Lipinski definition) is 0. The minimum Gasteiger partial charge on any atom is -0.465 e. The number of hydrogen-bond acceptors (Lipinski definition) is 4. The minimum absolute atomic E-state index is 0.216. The molecule has 0 aliphatic heterocycles. The first-order chi connectivity index (χ1) is 9.66. The molecule has 0 N–H and O–H groups in total. The Hall–Kier alpha value is -1.70. The molecular formula is C13H13F4NO2S. The molecule has 116 valence electrons. The summed E-state index contributed by atoms with van der Waals surface area (Å²) in [6.07, 6.45) is -5.12. The van der Waals surface area contributed by atoms with Crippen LogP contribution in [0.2, 0.25) is 0 Å². The van der Waals surface area contributed by atoms with E-state index in [-0.39, 0.29) is 16.7 Å². The van der Waals surface area contributed by atoms with Crippen molar-refractivity contribution < 1.29 is 27.1 Å². The van der Waals surface area contributed by atoms with Crippen LogP contribution < -0.4 is 4.90 Å². The number of rotatable bonds is 4. The van der Waals surface area contributed by atoms with E-state index in [4.69, 9.17) is 0 Å². The Labute approximate surface area is 123 Å². The summed E-state index contributed by atoms with van der Waals surface area (Å²) in [5, 5.41) is -1.65. The molecule has 0 radical (unpaired) electrons. The van der Waals surface area contributed by atoms with Crippen molar-refractivity contribution in [2.24, 2.45) is 0 Å². The molecule has 0 heterocycles. The number of carbonyl (C=O) groups is 1. The summed E-state index contributed by atoms with van der Waals surface area (Å²) in [6, 6.07) is 6.18. The van der Waals surface area contributed by atoms with Crippen LogP contribution in [0.1, 0.15) is 0 Å². The molecule has 0 aromatic heterocycles. The second kappa shape index (κ2) is 6.84. The summed E-state index contributed by atoms with van der Waals surface area (Å²) in [5.41, 5.74) is -1.13. The molecule has 0 saturated heterocycles. The molecule has 1 rings (SSSR count). The summed E-state index contributed by atoms with van der Waals surface area (Å²) >= 11 is 0.216. The van der Waals surface area contributed by atoms with E-state index in [9.17, 15) is 22.4 Å². The van der Waals surface area contributed by atoms with Gasteiger partial charge in [-0.25, -0.2) is 4.79 Å². The van der Waals surface area contributed by atoms with Crippen LogP contribution in [0.3, 0.4) is 0 Å². The van der Waals surface area contributed by atoms with Gasteiger partial charge in [-0.2, -0.15) is 17.6 Å². The molecule has 21 heavy (non-hydrogen) atoms. The Morgan fingerprint density at radius 3 is 2.10 bits per heavy atom. The molecule has 1 aromatic carbocycles. The van der Waals surface area contributed by atoms with Crippen LogP contribution in [0.4, 0.5) is 23.2 Å². The molecule has 0 fully saturated rings. The molecule has 0 amide bonds. The molecule has 1 aromatic rings. The number of methoxy groups -OCH3 is 1. The van der Waals surface area contributed by atoms with Crippen LogP contribution in [0, 0.1) is 0 Å². The Morgan fingerprint density at radius 2 is 1.71 bits per heavy atom. The largest absolute Gasteiger partial charge is 0.465 e. The van der Waals surface area contributed by atoms with Gasteiger partial charge in [0, 0.05) is 24.7 Å². The van der Waals surface area contributed by atoms with Gasteiger partial charge in [-0.15, -0.1) is 0 Å². The predicted octanol–water partition coefficient (Wildman–Crippen LogP) is 3.76. The number of alkyl halides is 3. The minimum atomic E-state index is -5.12. The van der Waals surface area contributed by atoms with Crippen molar-refractivity contribution in [3.05, 3.63) is 35.0 Å². The molecule has 0 bridgehead atoms. The van der Waals surface area contributed by atoms with Gasteiger partial charge in [0.2, 0.25) is 0 Å². The van der Waals surface area contributed by atoms with Gasteiger partial charge in [-0.05, 0) is 24.3 Å². The molecule has 8 heteroatoms. The lowest BCUT2D eigenvalue weighted by Gasteiger charge is -2.13. The molecule has 0 unspecified atom stereocenters. The fraction of sp³-hybridized carbons (Fsp3) is 0.308. The van der Waals surface area contributed by atoms with Crippen molar-refractivity contribution >= 4 is 23.4 Å². The molecule has 0 spiro atoms. The van der Waals surface area contributed by atoms with Crippen LogP contribution in [0.25, 0.3) is 0 Å². The fourth-order valence-corrected chi connectivity index (χ4v) is 2.16. The third kappa shape index (κ3) is 4.66. The second-order valence-electron chi connectivity index (χ2n) is 4.13. The van der Waals surface area contributed by atoms with Crippen LogP contribution >= 0.6 is 11.8 Å². The van der Waals surface area contributed by atoms with Crippen molar-refractivity contribution in [2.45, 2.75) is 11.1 Å². The number of thioether (sulfide) groups is 1. The standard InChI is InChI=1S/C13H13F4NO2S/c1-18(2)8-4-6-9(7-5-8)21-11(14)10(12(19)20-3)13(15,16)17/h4-7H,1-3H3. The highest BCUT2D eigenvalue weighted by atomic mass is 32.2. The monoisotopic (exact) mass is 323 g/mol. The van der Waals surface area contributed by atoms with Crippen LogP contribution in [0.5, 0.6) is 0 Å². The van der Waals surface area contributed by atoms with Crippen molar-refractivity contribution in [2.75, 3.05) is 26.1 Å². The van der Waals surface area contributed by atoms with E-state index < -0.39 is 22.9 Å². The Bertz CT molecular complexity index is 538. The Kier molecular flexibility index (Phi) is 5.65.